The Morgan fingerprint density at radius 1 is 1.14 bits per heavy atom. The highest BCUT2D eigenvalue weighted by atomic mass is 79.9. The highest BCUT2D eigenvalue weighted by molar-refractivity contribution is 9.10. The smallest absolute Gasteiger partial charge is 0.344 e. The van der Waals surface area contributed by atoms with Crippen LogP contribution in [0, 0.1) is 0 Å². The normalized spacial score (nSPS) is 12.4. The molecule has 174 valence electrons. The summed E-state index contributed by atoms with van der Waals surface area (Å²) in [5, 5.41) is 14.8. The van der Waals surface area contributed by atoms with E-state index in [4.69, 9.17) is 14.3 Å². The zero-order chi connectivity index (χ0) is 24.5. The van der Waals surface area contributed by atoms with Crippen molar-refractivity contribution in [3.05, 3.63) is 93.2 Å². The summed E-state index contributed by atoms with van der Waals surface area (Å²) in [7, 11) is 0. The zero-order valence-corrected chi connectivity index (χ0v) is 20.0. The number of fused-ring (bicyclic) bond motifs is 2. The number of halogens is 1. The van der Waals surface area contributed by atoms with E-state index in [2.05, 4.69) is 26.0 Å². The third-order valence-corrected chi connectivity index (χ3v) is 5.79. The van der Waals surface area contributed by atoms with Crippen LogP contribution in [0.4, 0.5) is 0 Å². The van der Waals surface area contributed by atoms with Gasteiger partial charge in [-0.2, -0.15) is 9.78 Å². The van der Waals surface area contributed by atoms with Crippen LogP contribution >= 0.6 is 15.9 Å². The molecule has 1 N–H and O–H groups in total. The van der Waals surface area contributed by atoms with Crippen LogP contribution in [0.2, 0.25) is 0 Å². The average Bonchev–Trinajstić information content (AvgIpc) is 3.26. The SMILES string of the molecule is C[C@@H](Oc1cccc(C=Nn2c(-c3cc4cc(Br)ccc4o3)nc3ccccc3c2=O)c1)C(=O)O. The molecule has 5 aromatic rings. The maximum Gasteiger partial charge on any atom is 0.344 e. The fraction of sp³-hybridized carbons (Fsp3) is 0.0769. The molecule has 0 aliphatic rings. The molecule has 1 atom stereocenters. The number of furan rings is 1. The molecule has 2 aromatic heterocycles. The minimum Gasteiger partial charge on any atom is -0.479 e. The molecule has 5 rings (SSSR count). The number of rotatable bonds is 6. The maximum atomic E-state index is 13.4. The van der Waals surface area contributed by atoms with Crippen LogP contribution in [-0.2, 0) is 4.79 Å². The molecule has 0 unspecified atom stereocenters. The summed E-state index contributed by atoms with van der Waals surface area (Å²) in [6, 6.07) is 21.2. The van der Waals surface area contributed by atoms with Crippen molar-refractivity contribution in [2.24, 2.45) is 5.10 Å². The second-order valence-corrected chi connectivity index (χ2v) is 8.69. The predicted octanol–water partition coefficient (Wildman–Crippen LogP) is 5.31. The molecule has 9 heteroatoms. The second kappa shape index (κ2) is 9.19. The van der Waals surface area contributed by atoms with Crippen LogP contribution in [0.15, 0.2) is 91.6 Å². The predicted molar refractivity (Wildman–Crippen MR) is 136 cm³/mol. The van der Waals surface area contributed by atoms with Gasteiger partial charge in [0.05, 0.1) is 17.1 Å². The zero-order valence-electron chi connectivity index (χ0n) is 18.4. The molecule has 2 heterocycles. The quantitative estimate of drug-likeness (QED) is 0.297. The number of hydrogen-bond donors (Lipinski definition) is 1. The standard InChI is InChI=1S/C26H18BrN3O5/c1-15(26(32)33)34-19-6-4-5-16(11-19)14-28-30-24(29-21-8-3-2-7-20(21)25(30)31)23-13-17-12-18(27)9-10-22(17)35-23/h2-15H,1H3,(H,32,33)/t15-/m1/s1. The van der Waals surface area contributed by atoms with Crippen LogP contribution < -0.4 is 10.3 Å². The van der Waals surface area contributed by atoms with E-state index in [1.807, 2.05) is 30.3 Å². The molecular formula is C26H18BrN3O5. The Morgan fingerprint density at radius 2 is 1.97 bits per heavy atom. The van der Waals surface area contributed by atoms with Gasteiger partial charge in [0.1, 0.15) is 11.3 Å². The van der Waals surface area contributed by atoms with E-state index in [1.54, 1.807) is 42.5 Å². The Hall–Kier alpha value is -4.24. The summed E-state index contributed by atoms with van der Waals surface area (Å²) >= 11 is 3.46. The van der Waals surface area contributed by atoms with Crippen molar-refractivity contribution in [3.63, 3.8) is 0 Å². The van der Waals surface area contributed by atoms with Crippen LogP contribution in [0.3, 0.4) is 0 Å². The van der Waals surface area contributed by atoms with Crippen LogP contribution in [0.1, 0.15) is 12.5 Å². The van der Waals surface area contributed by atoms with Crippen molar-refractivity contribution in [2.75, 3.05) is 0 Å². The van der Waals surface area contributed by atoms with Gasteiger partial charge in [-0.05, 0) is 61.0 Å². The van der Waals surface area contributed by atoms with Crippen molar-refractivity contribution in [1.82, 2.24) is 9.66 Å². The van der Waals surface area contributed by atoms with Crippen LogP contribution in [-0.4, -0.2) is 33.1 Å². The number of aliphatic carboxylic acids is 1. The number of ether oxygens (including phenoxy) is 1. The molecule has 0 saturated carbocycles. The topological polar surface area (TPSA) is 107 Å². The van der Waals surface area contributed by atoms with E-state index in [-0.39, 0.29) is 11.4 Å². The van der Waals surface area contributed by atoms with Crippen molar-refractivity contribution in [3.8, 4) is 17.3 Å². The molecule has 0 saturated heterocycles. The van der Waals surface area contributed by atoms with Crippen LogP contribution in [0.5, 0.6) is 5.75 Å². The van der Waals surface area contributed by atoms with Gasteiger partial charge in [0, 0.05) is 9.86 Å². The van der Waals surface area contributed by atoms with Gasteiger partial charge in [-0.3, -0.25) is 4.79 Å². The fourth-order valence-corrected chi connectivity index (χ4v) is 3.94. The van der Waals surface area contributed by atoms with E-state index < -0.39 is 12.1 Å². The number of carboxylic acids is 1. The third kappa shape index (κ3) is 4.58. The largest absolute Gasteiger partial charge is 0.479 e. The first-order valence-corrected chi connectivity index (χ1v) is 11.4. The molecule has 3 aromatic carbocycles. The lowest BCUT2D eigenvalue weighted by Crippen LogP contribution is -2.22. The van der Waals surface area contributed by atoms with E-state index in [9.17, 15) is 9.59 Å². The van der Waals surface area contributed by atoms with Gasteiger partial charge in [0.2, 0.25) is 5.82 Å². The minimum atomic E-state index is -1.07. The maximum absolute atomic E-state index is 13.4. The molecule has 0 spiro atoms. The Kier molecular flexibility index (Phi) is 5.92. The average molecular weight is 532 g/mol. The summed E-state index contributed by atoms with van der Waals surface area (Å²) in [4.78, 5) is 29.1. The lowest BCUT2D eigenvalue weighted by Gasteiger charge is -2.10. The van der Waals surface area contributed by atoms with Gasteiger partial charge in [0.25, 0.3) is 5.56 Å². The van der Waals surface area contributed by atoms with Crippen molar-refractivity contribution < 1.29 is 19.1 Å². The molecule has 0 radical (unpaired) electrons. The van der Waals surface area contributed by atoms with E-state index in [1.165, 1.54) is 17.8 Å². The van der Waals surface area contributed by atoms with Gasteiger partial charge in [-0.1, -0.05) is 40.2 Å². The molecule has 35 heavy (non-hydrogen) atoms. The lowest BCUT2D eigenvalue weighted by molar-refractivity contribution is -0.144. The van der Waals surface area contributed by atoms with Gasteiger partial charge < -0.3 is 14.3 Å². The van der Waals surface area contributed by atoms with E-state index in [0.29, 0.717) is 33.6 Å². The first-order valence-electron chi connectivity index (χ1n) is 10.6. The third-order valence-electron chi connectivity index (χ3n) is 5.29. The number of aromatic nitrogens is 2. The highest BCUT2D eigenvalue weighted by Gasteiger charge is 2.17. The Bertz CT molecular complexity index is 1670. The Morgan fingerprint density at radius 3 is 2.80 bits per heavy atom. The summed E-state index contributed by atoms with van der Waals surface area (Å²) < 4.78 is 13.5. The monoisotopic (exact) mass is 531 g/mol. The number of carboxylic acid groups (broad SMARTS) is 1. The minimum absolute atomic E-state index is 0.254. The number of carbonyl (C=O) groups is 1. The van der Waals surface area contributed by atoms with E-state index in [0.717, 1.165) is 9.86 Å². The molecule has 0 aliphatic heterocycles. The Balaban J connectivity index is 1.61. The van der Waals surface area contributed by atoms with Crippen LogP contribution in [0.25, 0.3) is 33.5 Å². The first kappa shape index (κ1) is 22.5. The first-order chi connectivity index (χ1) is 16.9. The molecule has 0 aliphatic carbocycles. The number of para-hydroxylation sites is 1. The highest BCUT2D eigenvalue weighted by Crippen LogP contribution is 2.29. The van der Waals surface area contributed by atoms with Crippen molar-refractivity contribution in [1.29, 1.82) is 0 Å². The molecule has 0 bridgehead atoms. The van der Waals surface area contributed by atoms with Gasteiger partial charge in [0.15, 0.2) is 11.9 Å². The molecule has 0 fully saturated rings. The molecule has 0 amide bonds. The lowest BCUT2D eigenvalue weighted by atomic mass is 10.2. The second-order valence-electron chi connectivity index (χ2n) is 7.78. The van der Waals surface area contributed by atoms with Crippen molar-refractivity contribution >= 4 is 50.0 Å². The Labute approximate surface area is 207 Å². The number of benzene rings is 3. The molecular weight excluding hydrogens is 514 g/mol. The van der Waals surface area contributed by atoms with Gasteiger partial charge in [-0.15, -0.1) is 0 Å². The number of hydrogen-bond acceptors (Lipinski definition) is 6. The summed E-state index contributed by atoms with van der Waals surface area (Å²) in [5.74, 6) is -0.0501. The van der Waals surface area contributed by atoms with E-state index >= 15 is 0 Å². The molecule has 8 nitrogen and oxygen atoms in total. The fourth-order valence-electron chi connectivity index (χ4n) is 3.56. The number of nitrogens with zero attached hydrogens (tertiary/aromatic N) is 3. The van der Waals surface area contributed by atoms with Gasteiger partial charge >= 0.3 is 5.97 Å². The van der Waals surface area contributed by atoms with Gasteiger partial charge in [-0.25, -0.2) is 9.78 Å². The summed E-state index contributed by atoms with van der Waals surface area (Å²) in [5.41, 5.74) is 1.44. The summed E-state index contributed by atoms with van der Waals surface area (Å²) in [6.07, 6.45) is 0.480. The summed E-state index contributed by atoms with van der Waals surface area (Å²) in [6.45, 7) is 1.45. The van der Waals surface area contributed by atoms with Crippen molar-refractivity contribution in [2.45, 2.75) is 13.0 Å².